The van der Waals surface area contributed by atoms with E-state index in [2.05, 4.69) is 0 Å². The Morgan fingerprint density at radius 2 is 2.00 bits per heavy atom. The van der Waals surface area contributed by atoms with Crippen molar-refractivity contribution in [3.63, 3.8) is 0 Å². The van der Waals surface area contributed by atoms with Gasteiger partial charge in [-0.3, -0.25) is 0 Å². The molecule has 4 unspecified atom stereocenters. The van der Waals surface area contributed by atoms with Gasteiger partial charge in [0.2, 0.25) is 7.12 Å². The van der Waals surface area contributed by atoms with Gasteiger partial charge in [-0.25, -0.2) is 0 Å². The number of methoxy groups -OCH3 is 1. The second kappa shape index (κ2) is 5.30. The highest BCUT2D eigenvalue weighted by Gasteiger charge is 2.62. The molecule has 4 atom stereocenters. The molecular weight excluding hydrogens is 255 g/mol. The maximum absolute atomic E-state index is 5.95. The largest absolute Gasteiger partial charge is 0.353 e. The zero-order valence-electron chi connectivity index (χ0n) is 11.2. The third-order valence-electron chi connectivity index (χ3n) is 3.47. The number of ether oxygens (including phenoxy) is 4. The standard InChI is InChI=1S/C11H19BO5S/c1-5-11(6-14-18-12)8-7(9(13-4)17-11)15-10(2,3)16-8/h7-9H,5-6H2,1-4H3. The van der Waals surface area contributed by atoms with Gasteiger partial charge in [-0.15, -0.1) is 0 Å². The Hall–Kier alpha value is 0.215. The zero-order valence-corrected chi connectivity index (χ0v) is 12.0. The highest BCUT2D eigenvalue weighted by molar-refractivity contribution is 8.15. The molecule has 7 heteroatoms. The highest BCUT2D eigenvalue weighted by atomic mass is 32.2. The summed E-state index contributed by atoms with van der Waals surface area (Å²) in [6.07, 6.45) is -0.164. The Morgan fingerprint density at radius 1 is 1.28 bits per heavy atom. The van der Waals surface area contributed by atoms with Gasteiger partial charge in [0.15, 0.2) is 12.1 Å². The SMILES string of the molecule is [B]SOCC1(CC)OC(OC)C2OC(C)(C)OC21. The average molecular weight is 274 g/mol. The van der Waals surface area contributed by atoms with Gasteiger partial charge in [0.1, 0.15) is 17.8 Å². The first-order valence-electron chi connectivity index (χ1n) is 6.02. The van der Waals surface area contributed by atoms with Crippen LogP contribution in [0, 0.1) is 0 Å². The van der Waals surface area contributed by atoms with Crippen LogP contribution in [-0.4, -0.2) is 50.7 Å². The van der Waals surface area contributed by atoms with Crippen LogP contribution >= 0.6 is 11.9 Å². The molecular formula is C11H19BO5S. The summed E-state index contributed by atoms with van der Waals surface area (Å²) < 4.78 is 28.3. The van der Waals surface area contributed by atoms with E-state index in [1.165, 1.54) is 0 Å². The molecule has 2 rings (SSSR count). The fraction of sp³-hybridized carbons (Fsp3) is 1.00. The van der Waals surface area contributed by atoms with Crippen molar-refractivity contribution in [2.75, 3.05) is 13.7 Å². The van der Waals surface area contributed by atoms with Crippen molar-refractivity contribution >= 4 is 19.0 Å². The van der Waals surface area contributed by atoms with Gasteiger partial charge in [-0.2, -0.15) is 0 Å². The first kappa shape index (κ1) is 14.6. The minimum Gasteiger partial charge on any atom is -0.353 e. The van der Waals surface area contributed by atoms with Gasteiger partial charge in [-0.05, 0) is 20.3 Å². The van der Waals surface area contributed by atoms with Gasteiger partial charge < -0.3 is 23.1 Å². The predicted octanol–water partition coefficient (Wildman–Crippen LogP) is 1.41. The summed E-state index contributed by atoms with van der Waals surface area (Å²) in [5.41, 5.74) is -0.578. The zero-order chi connectivity index (χ0) is 13.4. The molecule has 0 aromatic carbocycles. The van der Waals surface area contributed by atoms with Crippen LogP contribution in [0.1, 0.15) is 27.2 Å². The van der Waals surface area contributed by atoms with E-state index in [1.807, 2.05) is 20.8 Å². The third kappa shape index (κ3) is 2.44. The summed E-state index contributed by atoms with van der Waals surface area (Å²) in [5.74, 6) is -0.633. The summed E-state index contributed by atoms with van der Waals surface area (Å²) in [4.78, 5) is 0. The Balaban J connectivity index is 2.20. The molecule has 2 aliphatic heterocycles. The molecule has 5 nitrogen and oxygen atoms in total. The minimum atomic E-state index is -0.633. The van der Waals surface area contributed by atoms with Gasteiger partial charge in [0.05, 0.1) is 6.61 Å². The average Bonchev–Trinajstić information content (AvgIpc) is 2.79. The molecule has 2 aliphatic rings. The maximum Gasteiger partial charge on any atom is 0.203 e. The van der Waals surface area contributed by atoms with Crippen molar-refractivity contribution in [1.82, 2.24) is 0 Å². The summed E-state index contributed by atoms with van der Waals surface area (Å²) >= 11 is 0.828. The summed E-state index contributed by atoms with van der Waals surface area (Å²) in [7, 11) is 6.91. The molecule has 0 N–H and O–H groups in total. The van der Waals surface area contributed by atoms with E-state index >= 15 is 0 Å². The fourth-order valence-electron chi connectivity index (χ4n) is 2.58. The van der Waals surface area contributed by atoms with Gasteiger partial charge in [0.25, 0.3) is 0 Å². The van der Waals surface area contributed by atoms with Crippen LogP contribution in [0.5, 0.6) is 0 Å². The van der Waals surface area contributed by atoms with Crippen LogP contribution in [-0.2, 0) is 23.1 Å². The lowest BCUT2D eigenvalue weighted by molar-refractivity contribution is -0.254. The first-order valence-corrected chi connectivity index (χ1v) is 6.83. The van der Waals surface area contributed by atoms with Crippen molar-refractivity contribution in [3.05, 3.63) is 0 Å². The lowest BCUT2D eigenvalue weighted by Gasteiger charge is -2.33. The molecule has 2 fully saturated rings. The Bertz CT molecular complexity index is 303. The molecule has 2 saturated heterocycles. The predicted molar refractivity (Wildman–Crippen MR) is 68.0 cm³/mol. The van der Waals surface area contributed by atoms with Crippen LogP contribution in [0.4, 0.5) is 0 Å². The molecule has 2 radical (unpaired) electrons. The second-order valence-electron chi connectivity index (χ2n) is 5.02. The van der Waals surface area contributed by atoms with E-state index in [0.29, 0.717) is 6.61 Å². The molecule has 2 heterocycles. The Kier molecular flexibility index (Phi) is 4.31. The molecule has 0 spiro atoms. The Labute approximate surface area is 113 Å². The van der Waals surface area contributed by atoms with Crippen molar-refractivity contribution in [2.24, 2.45) is 0 Å². The number of fused-ring (bicyclic) bond motifs is 1. The number of hydrogen-bond donors (Lipinski definition) is 0. The lowest BCUT2D eigenvalue weighted by Crippen LogP contribution is -2.46. The molecule has 0 aromatic rings. The number of hydrogen-bond acceptors (Lipinski definition) is 6. The van der Waals surface area contributed by atoms with E-state index < -0.39 is 17.7 Å². The van der Waals surface area contributed by atoms with Crippen molar-refractivity contribution < 1.29 is 23.1 Å². The molecule has 0 bridgehead atoms. The van der Waals surface area contributed by atoms with E-state index in [1.54, 1.807) is 7.11 Å². The maximum atomic E-state index is 5.95. The monoisotopic (exact) mass is 274 g/mol. The van der Waals surface area contributed by atoms with Crippen LogP contribution in [0.25, 0.3) is 0 Å². The van der Waals surface area contributed by atoms with E-state index in [9.17, 15) is 0 Å². The van der Waals surface area contributed by atoms with Crippen LogP contribution in [0.3, 0.4) is 0 Å². The Morgan fingerprint density at radius 3 is 2.56 bits per heavy atom. The van der Waals surface area contributed by atoms with Crippen LogP contribution < -0.4 is 0 Å². The third-order valence-corrected chi connectivity index (χ3v) is 3.72. The molecule has 0 amide bonds. The summed E-state index contributed by atoms with van der Waals surface area (Å²) in [5, 5.41) is 0. The first-order chi connectivity index (χ1) is 8.48. The van der Waals surface area contributed by atoms with E-state index in [-0.39, 0.29) is 12.2 Å². The van der Waals surface area contributed by atoms with E-state index in [0.717, 1.165) is 18.3 Å². The molecule has 102 valence electrons. The topological polar surface area (TPSA) is 46.2 Å². The number of rotatable bonds is 5. The normalized spacial score (nSPS) is 42.1. The molecule has 0 aromatic heterocycles. The van der Waals surface area contributed by atoms with E-state index in [4.69, 9.17) is 30.3 Å². The van der Waals surface area contributed by atoms with Crippen LogP contribution in [0.15, 0.2) is 0 Å². The van der Waals surface area contributed by atoms with Gasteiger partial charge >= 0.3 is 0 Å². The van der Waals surface area contributed by atoms with Crippen molar-refractivity contribution in [2.45, 2.75) is 57.1 Å². The van der Waals surface area contributed by atoms with Gasteiger partial charge in [-0.1, -0.05) is 18.8 Å². The molecule has 0 aliphatic carbocycles. The second-order valence-corrected chi connectivity index (χ2v) is 5.45. The fourth-order valence-corrected chi connectivity index (χ4v) is 2.85. The van der Waals surface area contributed by atoms with Crippen molar-refractivity contribution in [3.8, 4) is 0 Å². The van der Waals surface area contributed by atoms with Crippen LogP contribution in [0.2, 0.25) is 0 Å². The quantitative estimate of drug-likeness (QED) is 0.558. The lowest BCUT2D eigenvalue weighted by atomic mass is 9.93. The smallest absolute Gasteiger partial charge is 0.203 e. The minimum absolute atomic E-state index is 0.213. The van der Waals surface area contributed by atoms with Gasteiger partial charge in [0, 0.05) is 7.11 Å². The van der Waals surface area contributed by atoms with Crippen molar-refractivity contribution in [1.29, 1.82) is 0 Å². The highest BCUT2D eigenvalue weighted by Crippen LogP contribution is 2.46. The molecule has 0 saturated carbocycles. The summed E-state index contributed by atoms with van der Waals surface area (Å²) in [6.45, 7) is 6.13. The molecule has 18 heavy (non-hydrogen) atoms. The summed E-state index contributed by atoms with van der Waals surface area (Å²) in [6, 6.07) is 0.